The van der Waals surface area contributed by atoms with Crippen molar-refractivity contribution < 1.29 is 28.6 Å². The van der Waals surface area contributed by atoms with Crippen molar-refractivity contribution in [1.29, 1.82) is 0 Å². The molecular weight excluding hydrogens is 314 g/mol. The SMILES string of the molecule is COC(=O)C(C(=O)OC)c1cccc(OC)c1C(=O)NC(C)(C)C. The molecule has 0 aliphatic carbocycles. The summed E-state index contributed by atoms with van der Waals surface area (Å²) >= 11 is 0. The molecule has 0 aliphatic heterocycles. The minimum Gasteiger partial charge on any atom is -0.496 e. The lowest BCUT2D eigenvalue weighted by Gasteiger charge is -2.24. The van der Waals surface area contributed by atoms with Crippen molar-refractivity contribution in [3.63, 3.8) is 0 Å². The van der Waals surface area contributed by atoms with E-state index in [1.165, 1.54) is 13.2 Å². The van der Waals surface area contributed by atoms with E-state index in [4.69, 9.17) is 4.74 Å². The van der Waals surface area contributed by atoms with E-state index in [0.717, 1.165) is 14.2 Å². The largest absolute Gasteiger partial charge is 0.496 e. The number of carbonyl (C=O) groups is 3. The average molecular weight is 337 g/mol. The van der Waals surface area contributed by atoms with Crippen molar-refractivity contribution in [2.24, 2.45) is 0 Å². The van der Waals surface area contributed by atoms with Crippen LogP contribution in [0.5, 0.6) is 5.75 Å². The van der Waals surface area contributed by atoms with Gasteiger partial charge in [-0.2, -0.15) is 0 Å². The maximum Gasteiger partial charge on any atom is 0.324 e. The van der Waals surface area contributed by atoms with E-state index in [1.54, 1.807) is 12.1 Å². The molecule has 0 spiro atoms. The van der Waals surface area contributed by atoms with E-state index in [1.807, 2.05) is 20.8 Å². The lowest BCUT2D eigenvalue weighted by Crippen LogP contribution is -2.41. The fourth-order valence-electron chi connectivity index (χ4n) is 2.19. The molecule has 1 amide bonds. The molecule has 24 heavy (non-hydrogen) atoms. The first-order valence-electron chi connectivity index (χ1n) is 7.31. The zero-order valence-electron chi connectivity index (χ0n) is 14.8. The van der Waals surface area contributed by atoms with E-state index in [2.05, 4.69) is 14.8 Å². The number of carbonyl (C=O) groups excluding carboxylic acids is 3. The van der Waals surface area contributed by atoms with E-state index < -0.39 is 29.3 Å². The number of esters is 2. The van der Waals surface area contributed by atoms with Crippen molar-refractivity contribution in [2.45, 2.75) is 32.2 Å². The minimum absolute atomic E-state index is 0.0933. The molecule has 0 heterocycles. The molecular formula is C17H23NO6. The number of benzene rings is 1. The van der Waals surface area contributed by atoms with Crippen LogP contribution in [0, 0.1) is 0 Å². The molecule has 1 rings (SSSR count). The molecule has 0 atom stereocenters. The van der Waals surface area contributed by atoms with E-state index >= 15 is 0 Å². The summed E-state index contributed by atoms with van der Waals surface area (Å²) in [4.78, 5) is 36.8. The predicted molar refractivity (Wildman–Crippen MR) is 87.0 cm³/mol. The van der Waals surface area contributed by atoms with Gasteiger partial charge in [0.1, 0.15) is 5.75 Å². The second-order valence-electron chi connectivity index (χ2n) is 6.11. The third-order valence-electron chi connectivity index (χ3n) is 3.18. The second-order valence-corrected chi connectivity index (χ2v) is 6.11. The topological polar surface area (TPSA) is 90.9 Å². The van der Waals surface area contributed by atoms with Gasteiger partial charge in [0.2, 0.25) is 0 Å². The monoisotopic (exact) mass is 337 g/mol. The summed E-state index contributed by atoms with van der Waals surface area (Å²) in [6.07, 6.45) is 0. The molecule has 0 aliphatic rings. The molecule has 7 nitrogen and oxygen atoms in total. The standard InChI is InChI=1S/C17H23NO6/c1-17(2,3)18-14(19)12-10(8-7-9-11(12)22-4)13(15(20)23-5)16(21)24-6/h7-9,13H,1-6H3,(H,18,19). The average Bonchev–Trinajstić information content (AvgIpc) is 2.52. The fraction of sp³-hybridized carbons (Fsp3) is 0.471. The molecule has 1 aromatic rings. The third-order valence-corrected chi connectivity index (χ3v) is 3.18. The minimum atomic E-state index is -1.38. The molecule has 7 heteroatoms. The lowest BCUT2D eigenvalue weighted by atomic mass is 9.92. The van der Waals surface area contributed by atoms with Crippen molar-refractivity contribution >= 4 is 17.8 Å². The molecule has 132 valence electrons. The molecule has 1 N–H and O–H groups in total. The van der Waals surface area contributed by atoms with Gasteiger partial charge < -0.3 is 19.5 Å². The number of hydrogen-bond acceptors (Lipinski definition) is 6. The number of ether oxygens (including phenoxy) is 3. The van der Waals surface area contributed by atoms with Crippen molar-refractivity contribution in [3.05, 3.63) is 29.3 Å². The first-order valence-corrected chi connectivity index (χ1v) is 7.31. The lowest BCUT2D eigenvalue weighted by molar-refractivity contribution is -0.154. The van der Waals surface area contributed by atoms with Gasteiger partial charge in [0.05, 0.1) is 26.9 Å². The molecule has 1 aromatic carbocycles. The van der Waals surface area contributed by atoms with E-state index in [0.29, 0.717) is 0 Å². The Labute approximate surface area is 141 Å². The first kappa shape index (κ1) is 19.5. The van der Waals surface area contributed by atoms with Crippen molar-refractivity contribution in [1.82, 2.24) is 5.32 Å². The number of hydrogen-bond donors (Lipinski definition) is 1. The normalized spacial score (nSPS) is 11.0. The van der Waals surface area contributed by atoms with Gasteiger partial charge >= 0.3 is 11.9 Å². The molecule has 0 unspecified atom stereocenters. The van der Waals surface area contributed by atoms with Gasteiger partial charge in [-0.15, -0.1) is 0 Å². The van der Waals surface area contributed by atoms with Crippen LogP contribution in [0.1, 0.15) is 42.6 Å². The zero-order valence-corrected chi connectivity index (χ0v) is 14.8. The maximum absolute atomic E-state index is 12.7. The Morgan fingerprint density at radius 2 is 1.54 bits per heavy atom. The van der Waals surface area contributed by atoms with E-state index in [-0.39, 0.29) is 16.9 Å². The quantitative estimate of drug-likeness (QED) is 0.649. The van der Waals surface area contributed by atoms with Crippen LogP contribution >= 0.6 is 0 Å². The molecule has 0 aromatic heterocycles. The van der Waals surface area contributed by atoms with Gasteiger partial charge in [-0.05, 0) is 32.4 Å². The molecule has 0 fully saturated rings. The van der Waals surface area contributed by atoms with Gasteiger partial charge in [-0.1, -0.05) is 12.1 Å². The summed E-state index contributed by atoms with van der Waals surface area (Å²) in [6, 6.07) is 4.66. The highest BCUT2D eigenvalue weighted by Crippen LogP contribution is 2.30. The van der Waals surface area contributed by atoms with Gasteiger partial charge in [0.15, 0.2) is 5.92 Å². The van der Waals surface area contributed by atoms with Gasteiger partial charge in [-0.3, -0.25) is 14.4 Å². The van der Waals surface area contributed by atoms with Crippen LogP contribution in [0.3, 0.4) is 0 Å². The highest BCUT2D eigenvalue weighted by atomic mass is 16.5. The summed E-state index contributed by atoms with van der Waals surface area (Å²) in [5.74, 6) is -3.24. The predicted octanol–water partition coefficient (Wildman–Crippen LogP) is 1.65. The van der Waals surface area contributed by atoms with Crippen LogP contribution in [-0.4, -0.2) is 44.7 Å². The summed E-state index contributed by atoms with van der Waals surface area (Å²) in [6.45, 7) is 5.45. The number of methoxy groups -OCH3 is 3. The Morgan fingerprint density at radius 3 is 1.96 bits per heavy atom. The Bertz CT molecular complexity index is 616. The van der Waals surface area contributed by atoms with Crippen LogP contribution in [0.15, 0.2) is 18.2 Å². The highest BCUT2D eigenvalue weighted by molar-refractivity contribution is 6.06. The molecule has 0 saturated heterocycles. The highest BCUT2D eigenvalue weighted by Gasteiger charge is 2.35. The van der Waals surface area contributed by atoms with Crippen molar-refractivity contribution in [3.8, 4) is 5.75 Å². The molecule has 0 bridgehead atoms. The van der Waals surface area contributed by atoms with Crippen LogP contribution < -0.4 is 10.1 Å². The summed E-state index contributed by atoms with van der Waals surface area (Å²) in [5.41, 5.74) is -0.258. The summed E-state index contributed by atoms with van der Waals surface area (Å²) in [5, 5.41) is 2.80. The second kappa shape index (κ2) is 7.81. The van der Waals surface area contributed by atoms with Crippen molar-refractivity contribution in [2.75, 3.05) is 21.3 Å². The summed E-state index contributed by atoms with van der Waals surface area (Å²) < 4.78 is 14.6. The van der Waals surface area contributed by atoms with Crippen LogP contribution in [-0.2, 0) is 19.1 Å². The van der Waals surface area contributed by atoms with Crippen LogP contribution in [0.25, 0.3) is 0 Å². The zero-order chi connectivity index (χ0) is 18.5. The Hall–Kier alpha value is -2.57. The molecule has 0 saturated carbocycles. The fourth-order valence-corrected chi connectivity index (χ4v) is 2.19. The summed E-state index contributed by atoms with van der Waals surface area (Å²) in [7, 11) is 3.72. The van der Waals surface area contributed by atoms with E-state index in [9.17, 15) is 14.4 Å². The number of nitrogens with one attached hydrogen (secondary N) is 1. The van der Waals surface area contributed by atoms with Gasteiger partial charge in [-0.25, -0.2) is 0 Å². The Morgan fingerprint density at radius 1 is 1.00 bits per heavy atom. The van der Waals surface area contributed by atoms with Gasteiger partial charge in [0.25, 0.3) is 5.91 Å². The first-order chi connectivity index (χ1) is 11.2. The van der Waals surface area contributed by atoms with Crippen LogP contribution in [0.4, 0.5) is 0 Å². The van der Waals surface area contributed by atoms with Crippen LogP contribution in [0.2, 0.25) is 0 Å². The van der Waals surface area contributed by atoms with Gasteiger partial charge in [0, 0.05) is 5.54 Å². The Kier molecular flexibility index (Phi) is 6.34. The number of rotatable bonds is 5. The third kappa shape index (κ3) is 4.47. The molecule has 0 radical (unpaired) electrons. The number of amides is 1. The maximum atomic E-state index is 12.7. The Balaban J connectivity index is 3.54. The smallest absolute Gasteiger partial charge is 0.324 e.